The molecular formula is C18H17NO7S. The van der Waals surface area contributed by atoms with Gasteiger partial charge in [-0.25, -0.2) is 18.0 Å². The van der Waals surface area contributed by atoms with Crippen molar-refractivity contribution in [2.24, 2.45) is 0 Å². The van der Waals surface area contributed by atoms with Crippen molar-refractivity contribution in [3.8, 4) is 5.75 Å². The van der Waals surface area contributed by atoms with E-state index in [2.05, 4.69) is 4.72 Å². The van der Waals surface area contributed by atoms with Crippen molar-refractivity contribution in [2.45, 2.75) is 17.4 Å². The van der Waals surface area contributed by atoms with Gasteiger partial charge in [-0.05, 0) is 30.3 Å². The summed E-state index contributed by atoms with van der Waals surface area (Å²) in [4.78, 5) is 23.5. The third-order valence-electron chi connectivity index (χ3n) is 3.87. The van der Waals surface area contributed by atoms with E-state index in [1.807, 2.05) is 0 Å². The first kappa shape index (κ1) is 18.7. The molecule has 0 radical (unpaired) electrons. The first-order valence-corrected chi connectivity index (χ1v) is 9.52. The van der Waals surface area contributed by atoms with Gasteiger partial charge in [-0.2, -0.15) is 0 Å². The Kier molecular flexibility index (Phi) is 5.31. The zero-order valence-corrected chi connectivity index (χ0v) is 15.2. The van der Waals surface area contributed by atoms with Gasteiger partial charge >= 0.3 is 11.9 Å². The maximum absolute atomic E-state index is 12.6. The number of rotatable bonds is 6. The molecule has 0 aromatic heterocycles. The number of carbonyl (C=O) groups is 2. The van der Waals surface area contributed by atoms with Crippen LogP contribution in [0.5, 0.6) is 5.75 Å². The molecule has 2 aromatic rings. The third kappa shape index (κ3) is 4.20. The van der Waals surface area contributed by atoms with Gasteiger partial charge in [-0.1, -0.05) is 18.2 Å². The molecule has 142 valence electrons. The predicted molar refractivity (Wildman–Crippen MR) is 95.0 cm³/mol. The molecule has 27 heavy (non-hydrogen) atoms. The summed E-state index contributed by atoms with van der Waals surface area (Å²) in [7, 11) is -2.54. The SMILES string of the molecule is COc1ccccc1NS(=O)(=O)c1cccc(C(=O)O[C@@H]2CCOC2=O)c1. The lowest BCUT2D eigenvalue weighted by Gasteiger charge is -2.12. The van der Waals surface area contributed by atoms with Gasteiger partial charge in [-0.15, -0.1) is 0 Å². The molecule has 8 nitrogen and oxygen atoms in total. The van der Waals surface area contributed by atoms with Crippen LogP contribution in [-0.4, -0.2) is 40.2 Å². The Labute approximate surface area is 156 Å². The molecule has 1 aliphatic rings. The second-order valence-electron chi connectivity index (χ2n) is 5.68. The maximum atomic E-state index is 12.6. The summed E-state index contributed by atoms with van der Waals surface area (Å²) < 4.78 is 42.7. The number of nitrogens with one attached hydrogen (secondary N) is 1. The molecule has 0 bridgehead atoms. The second kappa shape index (κ2) is 7.67. The lowest BCUT2D eigenvalue weighted by Crippen LogP contribution is -2.23. The smallest absolute Gasteiger partial charge is 0.347 e. The van der Waals surface area contributed by atoms with Crippen molar-refractivity contribution < 1.29 is 32.2 Å². The van der Waals surface area contributed by atoms with E-state index in [0.717, 1.165) is 0 Å². The van der Waals surface area contributed by atoms with Gasteiger partial charge in [0.25, 0.3) is 10.0 Å². The van der Waals surface area contributed by atoms with Crippen LogP contribution in [0.2, 0.25) is 0 Å². The standard InChI is InChI=1S/C18H17NO7S/c1-24-15-8-3-2-7-14(15)19-27(22,23)13-6-4-5-12(11-13)17(20)26-16-9-10-25-18(16)21/h2-8,11,16,19H,9-10H2,1H3/t16-/m1/s1. The Bertz CT molecular complexity index is 971. The molecule has 0 saturated carbocycles. The number of hydrogen-bond acceptors (Lipinski definition) is 7. The number of cyclic esters (lactones) is 1. The number of methoxy groups -OCH3 is 1. The van der Waals surface area contributed by atoms with Crippen LogP contribution in [0.3, 0.4) is 0 Å². The minimum absolute atomic E-state index is 0.0117. The number of ether oxygens (including phenoxy) is 3. The van der Waals surface area contributed by atoms with Crippen LogP contribution in [0.4, 0.5) is 5.69 Å². The van der Waals surface area contributed by atoms with Crippen LogP contribution in [0, 0.1) is 0 Å². The van der Waals surface area contributed by atoms with E-state index < -0.39 is 28.1 Å². The first-order valence-electron chi connectivity index (χ1n) is 8.04. The highest BCUT2D eigenvalue weighted by atomic mass is 32.2. The molecule has 0 amide bonds. The highest BCUT2D eigenvalue weighted by Crippen LogP contribution is 2.26. The van der Waals surface area contributed by atoms with E-state index in [-0.39, 0.29) is 29.2 Å². The Balaban J connectivity index is 1.81. The molecule has 9 heteroatoms. The molecule has 1 N–H and O–H groups in total. The van der Waals surface area contributed by atoms with E-state index >= 15 is 0 Å². The third-order valence-corrected chi connectivity index (χ3v) is 5.23. The fourth-order valence-electron chi connectivity index (χ4n) is 2.50. The van der Waals surface area contributed by atoms with Crippen molar-refractivity contribution in [1.29, 1.82) is 0 Å². The lowest BCUT2D eigenvalue weighted by atomic mass is 10.2. The molecule has 0 aliphatic carbocycles. The minimum Gasteiger partial charge on any atom is -0.495 e. The van der Waals surface area contributed by atoms with E-state index in [1.165, 1.54) is 31.4 Å². The molecule has 1 saturated heterocycles. The zero-order chi connectivity index (χ0) is 19.4. The highest BCUT2D eigenvalue weighted by molar-refractivity contribution is 7.92. The van der Waals surface area contributed by atoms with Crippen LogP contribution in [0.25, 0.3) is 0 Å². The van der Waals surface area contributed by atoms with E-state index in [9.17, 15) is 18.0 Å². The van der Waals surface area contributed by atoms with Crippen molar-refractivity contribution in [3.63, 3.8) is 0 Å². The molecular weight excluding hydrogens is 374 g/mol. The van der Waals surface area contributed by atoms with Gasteiger partial charge in [0.15, 0.2) is 0 Å². The van der Waals surface area contributed by atoms with Gasteiger partial charge in [0.05, 0.1) is 29.9 Å². The maximum Gasteiger partial charge on any atom is 0.347 e. The fraction of sp³-hybridized carbons (Fsp3) is 0.222. The van der Waals surface area contributed by atoms with E-state index in [0.29, 0.717) is 5.75 Å². The van der Waals surface area contributed by atoms with Crippen LogP contribution in [-0.2, 0) is 24.3 Å². The van der Waals surface area contributed by atoms with E-state index in [4.69, 9.17) is 14.2 Å². The molecule has 1 heterocycles. The van der Waals surface area contributed by atoms with Crippen molar-refractivity contribution in [3.05, 3.63) is 54.1 Å². The summed E-state index contributed by atoms with van der Waals surface area (Å²) in [6.45, 7) is 0.189. The average Bonchev–Trinajstić information content (AvgIpc) is 3.06. The quantitative estimate of drug-likeness (QED) is 0.750. The van der Waals surface area contributed by atoms with Gasteiger partial charge in [-0.3, -0.25) is 4.72 Å². The number of carbonyl (C=O) groups excluding carboxylic acids is 2. The molecule has 0 spiro atoms. The summed E-state index contributed by atoms with van der Waals surface area (Å²) in [6.07, 6.45) is -0.692. The van der Waals surface area contributed by atoms with Gasteiger partial charge in [0.2, 0.25) is 6.10 Å². The Hall–Kier alpha value is -3.07. The van der Waals surface area contributed by atoms with Gasteiger partial charge in [0, 0.05) is 6.42 Å². The summed E-state index contributed by atoms with van der Waals surface area (Å²) in [5, 5.41) is 0. The van der Waals surface area contributed by atoms with Gasteiger partial charge < -0.3 is 14.2 Å². The summed E-state index contributed by atoms with van der Waals surface area (Å²) in [6, 6.07) is 11.9. The van der Waals surface area contributed by atoms with Crippen LogP contribution in [0.15, 0.2) is 53.4 Å². The monoisotopic (exact) mass is 391 g/mol. The number of esters is 2. The number of benzene rings is 2. The normalized spacial score (nSPS) is 16.5. The molecule has 1 fully saturated rings. The van der Waals surface area contributed by atoms with Crippen molar-refractivity contribution in [1.82, 2.24) is 0 Å². The molecule has 1 atom stereocenters. The lowest BCUT2D eigenvalue weighted by molar-refractivity contribution is -0.145. The average molecular weight is 391 g/mol. The number of sulfonamides is 1. The number of para-hydroxylation sites is 2. The molecule has 2 aromatic carbocycles. The van der Waals surface area contributed by atoms with Crippen molar-refractivity contribution >= 4 is 27.6 Å². The summed E-state index contributed by atoms with van der Waals surface area (Å²) >= 11 is 0. The number of anilines is 1. The summed E-state index contributed by atoms with van der Waals surface area (Å²) in [5.41, 5.74) is 0.277. The molecule has 1 aliphatic heterocycles. The highest BCUT2D eigenvalue weighted by Gasteiger charge is 2.30. The van der Waals surface area contributed by atoms with Gasteiger partial charge in [0.1, 0.15) is 5.75 Å². The van der Waals surface area contributed by atoms with Crippen LogP contribution >= 0.6 is 0 Å². The van der Waals surface area contributed by atoms with Crippen LogP contribution in [0.1, 0.15) is 16.8 Å². The number of hydrogen-bond donors (Lipinski definition) is 1. The Morgan fingerprint density at radius 1 is 1.19 bits per heavy atom. The van der Waals surface area contributed by atoms with Crippen LogP contribution < -0.4 is 9.46 Å². The fourth-order valence-corrected chi connectivity index (χ4v) is 3.62. The predicted octanol–water partition coefficient (Wildman–Crippen LogP) is 1.97. The Morgan fingerprint density at radius 3 is 2.67 bits per heavy atom. The van der Waals surface area contributed by atoms with E-state index in [1.54, 1.807) is 24.3 Å². The first-order chi connectivity index (χ1) is 12.9. The second-order valence-corrected chi connectivity index (χ2v) is 7.37. The minimum atomic E-state index is -3.97. The van der Waals surface area contributed by atoms with Crippen molar-refractivity contribution in [2.75, 3.05) is 18.4 Å². The Morgan fingerprint density at radius 2 is 1.96 bits per heavy atom. The largest absolute Gasteiger partial charge is 0.495 e. The zero-order valence-electron chi connectivity index (χ0n) is 14.4. The summed E-state index contributed by atoms with van der Waals surface area (Å²) in [5.74, 6) is -1.05. The molecule has 0 unspecified atom stereocenters. The topological polar surface area (TPSA) is 108 Å². The molecule has 3 rings (SSSR count).